The summed E-state index contributed by atoms with van der Waals surface area (Å²) in [6, 6.07) is 15.0. The van der Waals surface area contributed by atoms with Crippen LogP contribution in [0.2, 0.25) is 10.0 Å². The van der Waals surface area contributed by atoms with Gasteiger partial charge in [0.1, 0.15) is 6.54 Å². The molecule has 5 nitrogen and oxygen atoms in total. The SMILES string of the molecule is O=C(CN1c2cccc3cccc(c23)S1(=O)=O)Nc1cc(Cl)ccc1Cl. The van der Waals surface area contributed by atoms with Crippen molar-refractivity contribution >= 4 is 61.3 Å². The number of sulfonamides is 1. The molecule has 0 aromatic heterocycles. The molecule has 0 spiro atoms. The number of nitrogens with zero attached hydrogens (tertiary/aromatic N) is 1. The van der Waals surface area contributed by atoms with Crippen molar-refractivity contribution in [2.75, 3.05) is 16.2 Å². The summed E-state index contributed by atoms with van der Waals surface area (Å²) in [5.41, 5.74) is 0.821. The topological polar surface area (TPSA) is 66.5 Å². The third kappa shape index (κ3) is 2.70. The number of anilines is 2. The van der Waals surface area contributed by atoms with E-state index in [1.165, 1.54) is 6.07 Å². The summed E-state index contributed by atoms with van der Waals surface area (Å²) in [7, 11) is -3.79. The molecular weight excluding hydrogens is 395 g/mol. The van der Waals surface area contributed by atoms with E-state index in [2.05, 4.69) is 5.32 Å². The first-order chi connectivity index (χ1) is 12.4. The van der Waals surface area contributed by atoms with Gasteiger partial charge in [-0.15, -0.1) is 0 Å². The summed E-state index contributed by atoms with van der Waals surface area (Å²) in [6.45, 7) is -0.362. The van der Waals surface area contributed by atoms with Crippen molar-refractivity contribution in [1.29, 1.82) is 0 Å². The molecule has 3 aromatic carbocycles. The third-order valence-electron chi connectivity index (χ3n) is 4.17. The summed E-state index contributed by atoms with van der Waals surface area (Å²) in [4.78, 5) is 12.7. The van der Waals surface area contributed by atoms with E-state index in [4.69, 9.17) is 23.2 Å². The molecule has 0 unspecified atom stereocenters. The van der Waals surface area contributed by atoms with Gasteiger partial charge in [0.25, 0.3) is 10.0 Å². The first-order valence-corrected chi connectivity index (χ1v) is 9.87. The van der Waals surface area contributed by atoms with Crippen molar-refractivity contribution in [3.8, 4) is 0 Å². The number of halogens is 2. The predicted molar refractivity (Wildman–Crippen MR) is 104 cm³/mol. The van der Waals surface area contributed by atoms with Gasteiger partial charge in [-0.3, -0.25) is 9.10 Å². The van der Waals surface area contributed by atoms with E-state index in [1.807, 2.05) is 12.1 Å². The van der Waals surface area contributed by atoms with Gasteiger partial charge in [-0.1, -0.05) is 47.5 Å². The van der Waals surface area contributed by atoms with E-state index >= 15 is 0 Å². The lowest BCUT2D eigenvalue weighted by Gasteiger charge is -2.18. The molecular formula is C18H12Cl2N2O3S. The van der Waals surface area contributed by atoms with Crippen molar-refractivity contribution in [2.24, 2.45) is 0 Å². The van der Waals surface area contributed by atoms with E-state index in [-0.39, 0.29) is 11.4 Å². The van der Waals surface area contributed by atoms with Gasteiger partial charge in [0.05, 0.1) is 21.3 Å². The summed E-state index contributed by atoms with van der Waals surface area (Å²) in [6.07, 6.45) is 0. The second kappa shape index (κ2) is 6.16. The zero-order valence-electron chi connectivity index (χ0n) is 13.2. The number of amides is 1. The molecule has 1 amide bonds. The third-order valence-corrected chi connectivity index (χ3v) is 6.54. The van der Waals surface area contributed by atoms with Gasteiger partial charge in [-0.25, -0.2) is 8.42 Å². The molecule has 0 fully saturated rings. The zero-order chi connectivity index (χ0) is 18.5. The number of carbonyl (C=O) groups is 1. The average molecular weight is 407 g/mol. The monoisotopic (exact) mass is 406 g/mol. The maximum atomic E-state index is 12.9. The molecule has 4 rings (SSSR count). The first kappa shape index (κ1) is 17.1. The number of benzene rings is 3. The van der Waals surface area contributed by atoms with Gasteiger partial charge in [0, 0.05) is 10.4 Å². The number of hydrogen-bond acceptors (Lipinski definition) is 3. The smallest absolute Gasteiger partial charge is 0.265 e. The van der Waals surface area contributed by atoms with Crippen LogP contribution < -0.4 is 9.62 Å². The fourth-order valence-corrected chi connectivity index (χ4v) is 5.05. The van der Waals surface area contributed by atoms with Crippen molar-refractivity contribution in [2.45, 2.75) is 4.90 Å². The van der Waals surface area contributed by atoms with Gasteiger partial charge in [0.2, 0.25) is 5.91 Å². The van der Waals surface area contributed by atoms with E-state index in [9.17, 15) is 13.2 Å². The number of rotatable bonds is 3. The zero-order valence-corrected chi connectivity index (χ0v) is 15.6. The molecule has 0 bridgehead atoms. The highest BCUT2D eigenvalue weighted by atomic mass is 35.5. The van der Waals surface area contributed by atoms with Crippen LogP contribution in [0.1, 0.15) is 0 Å². The second-order valence-corrected chi connectivity index (χ2v) is 8.49. The maximum absolute atomic E-state index is 12.9. The van der Waals surface area contributed by atoms with Crippen LogP contribution in [0.5, 0.6) is 0 Å². The van der Waals surface area contributed by atoms with Crippen LogP contribution in [0.3, 0.4) is 0 Å². The molecule has 1 aliphatic heterocycles. The normalized spacial score (nSPS) is 14.6. The van der Waals surface area contributed by atoms with Crippen molar-refractivity contribution < 1.29 is 13.2 Å². The first-order valence-electron chi connectivity index (χ1n) is 7.67. The second-order valence-electron chi connectivity index (χ2n) is 5.82. The Morgan fingerprint density at radius 1 is 1.04 bits per heavy atom. The lowest BCUT2D eigenvalue weighted by atomic mass is 10.1. The quantitative estimate of drug-likeness (QED) is 0.704. The Hall–Kier alpha value is -2.28. The molecule has 1 heterocycles. The molecule has 0 radical (unpaired) electrons. The number of carbonyl (C=O) groups excluding carboxylic acids is 1. The van der Waals surface area contributed by atoms with E-state index < -0.39 is 15.9 Å². The van der Waals surface area contributed by atoms with Gasteiger partial charge in [-0.2, -0.15) is 0 Å². The highest BCUT2D eigenvalue weighted by molar-refractivity contribution is 7.93. The van der Waals surface area contributed by atoms with Gasteiger partial charge in [-0.05, 0) is 35.7 Å². The summed E-state index contributed by atoms with van der Waals surface area (Å²) in [5, 5.41) is 4.78. The molecule has 0 saturated carbocycles. The van der Waals surface area contributed by atoms with Crippen LogP contribution in [-0.2, 0) is 14.8 Å². The largest absolute Gasteiger partial charge is 0.323 e. The summed E-state index contributed by atoms with van der Waals surface area (Å²) in [5.74, 6) is -0.512. The average Bonchev–Trinajstić information content (AvgIpc) is 2.82. The molecule has 26 heavy (non-hydrogen) atoms. The number of nitrogens with one attached hydrogen (secondary N) is 1. The Morgan fingerprint density at radius 3 is 2.54 bits per heavy atom. The molecule has 8 heteroatoms. The fourth-order valence-electron chi connectivity index (χ4n) is 3.04. The Morgan fingerprint density at radius 2 is 1.77 bits per heavy atom. The highest BCUT2D eigenvalue weighted by Crippen LogP contribution is 2.41. The summed E-state index contributed by atoms with van der Waals surface area (Å²) >= 11 is 12.0. The fraction of sp³-hybridized carbons (Fsp3) is 0.0556. The van der Waals surface area contributed by atoms with Crippen LogP contribution in [0, 0.1) is 0 Å². The lowest BCUT2D eigenvalue weighted by molar-refractivity contribution is -0.114. The highest BCUT2D eigenvalue weighted by Gasteiger charge is 2.36. The Kier molecular flexibility index (Phi) is 4.06. The lowest BCUT2D eigenvalue weighted by Crippen LogP contribution is -2.35. The van der Waals surface area contributed by atoms with Crippen LogP contribution in [0.25, 0.3) is 10.8 Å². The minimum absolute atomic E-state index is 0.208. The standard InChI is InChI=1S/C18H12Cl2N2O3S/c19-12-7-8-13(20)14(9-12)21-17(23)10-22-15-5-1-3-11-4-2-6-16(18(11)15)26(22,24)25/h1-9H,10H2,(H,21,23). The Labute approximate surface area is 160 Å². The minimum Gasteiger partial charge on any atom is -0.323 e. The van der Waals surface area contributed by atoms with E-state index in [1.54, 1.807) is 36.4 Å². The molecule has 0 saturated heterocycles. The van der Waals surface area contributed by atoms with Crippen LogP contribution in [-0.4, -0.2) is 20.9 Å². The molecule has 0 aliphatic carbocycles. The van der Waals surface area contributed by atoms with E-state index in [0.29, 0.717) is 26.8 Å². The molecule has 132 valence electrons. The van der Waals surface area contributed by atoms with Crippen molar-refractivity contribution in [3.05, 3.63) is 64.6 Å². The molecule has 1 aliphatic rings. The molecule has 1 N–H and O–H groups in total. The maximum Gasteiger partial charge on any atom is 0.265 e. The van der Waals surface area contributed by atoms with Gasteiger partial charge >= 0.3 is 0 Å². The van der Waals surface area contributed by atoms with E-state index in [0.717, 1.165) is 9.69 Å². The Balaban J connectivity index is 1.68. The minimum atomic E-state index is -3.79. The van der Waals surface area contributed by atoms with Crippen LogP contribution >= 0.6 is 23.2 Å². The van der Waals surface area contributed by atoms with Crippen LogP contribution in [0.15, 0.2) is 59.5 Å². The van der Waals surface area contributed by atoms with Crippen molar-refractivity contribution in [3.63, 3.8) is 0 Å². The molecule has 3 aromatic rings. The summed E-state index contributed by atoms with van der Waals surface area (Å²) < 4.78 is 26.9. The Bertz CT molecular complexity index is 1160. The van der Waals surface area contributed by atoms with Crippen LogP contribution in [0.4, 0.5) is 11.4 Å². The van der Waals surface area contributed by atoms with Gasteiger partial charge < -0.3 is 5.32 Å². The van der Waals surface area contributed by atoms with Crippen molar-refractivity contribution in [1.82, 2.24) is 0 Å². The van der Waals surface area contributed by atoms with Gasteiger partial charge in [0.15, 0.2) is 0 Å². The molecule has 0 atom stereocenters. The predicted octanol–water partition coefficient (Wildman–Crippen LogP) is 4.29. The number of hydrogen-bond donors (Lipinski definition) is 1.